The molecule has 5 heteroatoms. The van der Waals surface area contributed by atoms with Crippen LogP contribution in [0.15, 0.2) is 48.5 Å². The molecule has 0 bridgehead atoms. The molecule has 0 saturated heterocycles. The summed E-state index contributed by atoms with van der Waals surface area (Å²) in [6.07, 6.45) is 3.22. The first-order chi connectivity index (χ1) is 14.0. The second kappa shape index (κ2) is 8.11. The van der Waals surface area contributed by atoms with E-state index in [0.717, 1.165) is 46.7 Å². The number of nitrogens with one attached hydrogen (secondary N) is 1. The molecule has 0 radical (unpaired) electrons. The summed E-state index contributed by atoms with van der Waals surface area (Å²) in [4.78, 5) is 12.2. The summed E-state index contributed by atoms with van der Waals surface area (Å²) in [5.41, 5.74) is 5.09. The number of aromatic nitrogens is 2. The van der Waals surface area contributed by atoms with Gasteiger partial charge in [-0.3, -0.25) is 4.79 Å². The molecule has 150 valence electrons. The Hall–Kier alpha value is -3.08. The quantitative estimate of drug-likeness (QED) is 0.631. The fourth-order valence-electron chi connectivity index (χ4n) is 3.42. The summed E-state index contributed by atoms with van der Waals surface area (Å²) in [6, 6.07) is 16.5. The number of carbonyl (C=O) groups is 1. The fraction of sp³-hybridized carbons (Fsp3) is 0.333. The van der Waals surface area contributed by atoms with Gasteiger partial charge in [-0.05, 0) is 75.4 Å². The molecule has 1 aromatic heterocycles. The predicted octanol–water partition coefficient (Wildman–Crippen LogP) is 4.80. The molecular weight excluding hydrogens is 362 g/mol. The average Bonchev–Trinajstić information content (AvgIpc) is 3.43. The molecule has 4 rings (SSSR count). The van der Waals surface area contributed by atoms with Gasteiger partial charge in [-0.25, -0.2) is 4.68 Å². The molecule has 29 heavy (non-hydrogen) atoms. The lowest BCUT2D eigenvalue weighted by atomic mass is 10.1. The second-order valence-electron chi connectivity index (χ2n) is 7.88. The van der Waals surface area contributed by atoms with Crippen molar-refractivity contribution in [2.24, 2.45) is 0 Å². The molecule has 0 aliphatic heterocycles. The number of benzene rings is 2. The third-order valence-electron chi connectivity index (χ3n) is 5.13. The molecule has 2 aromatic carbocycles. The van der Waals surface area contributed by atoms with E-state index in [1.807, 2.05) is 54.9 Å². The summed E-state index contributed by atoms with van der Waals surface area (Å²) >= 11 is 0. The van der Waals surface area contributed by atoms with Crippen molar-refractivity contribution in [2.75, 3.05) is 0 Å². The number of carbonyl (C=O) groups excluding carboxylic acids is 1. The highest BCUT2D eigenvalue weighted by Gasteiger charge is 2.24. The number of aryl methyl sites for hydroxylation is 3. The van der Waals surface area contributed by atoms with Crippen LogP contribution in [0.25, 0.3) is 5.69 Å². The van der Waals surface area contributed by atoms with E-state index in [0.29, 0.717) is 24.8 Å². The molecule has 5 nitrogen and oxygen atoms in total. The maximum atomic E-state index is 12.2. The van der Waals surface area contributed by atoms with Crippen molar-refractivity contribution in [3.05, 3.63) is 70.9 Å². The summed E-state index contributed by atoms with van der Waals surface area (Å²) in [7, 11) is 0. The molecule has 1 aliphatic carbocycles. The van der Waals surface area contributed by atoms with Gasteiger partial charge in [0.2, 0.25) is 11.8 Å². The van der Waals surface area contributed by atoms with Crippen LogP contribution >= 0.6 is 0 Å². The normalized spacial score (nSPS) is 13.3. The monoisotopic (exact) mass is 389 g/mol. The number of hydrogen-bond donors (Lipinski definition) is 1. The first kappa shape index (κ1) is 19.2. The van der Waals surface area contributed by atoms with Crippen LogP contribution in [0, 0.1) is 20.8 Å². The molecule has 3 aromatic rings. The van der Waals surface area contributed by atoms with Crippen LogP contribution in [0.4, 0.5) is 0 Å². The zero-order valence-electron chi connectivity index (χ0n) is 17.2. The van der Waals surface area contributed by atoms with Gasteiger partial charge in [0.05, 0.1) is 11.4 Å². The minimum absolute atomic E-state index is 0.0942. The summed E-state index contributed by atoms with van der Waals surface area (Å²) in [5.74, 6) is 1.54. The van der Waals surface area contributed by atoms with Gasteiger partial charge < -0.3 is 10.1 Å². The van der Waals surface area contributed by atoms with E-state index in [9.17, 15) is 4.79 Å². The Labute approximate surface area is 171 Å². The highest BCUT2D eigenvalue weighted by molar-refractivity contribution is 5.77. The lowest BCUT2D eigenvalue weighted by Crippen LogP contribution is -2.25. The number of rotatable bonds is 7. The summed E-state index contributed by atoms with van der Waals surface area (Å²) in [5, 5.41) is 7.81. The highest BCUT2D eigenvalue weighted by atomic mass is 16.5. The van der Waals surface area contributed by atoms with Crippen LogP contribution in [-0.4, -0.2) is 21.7 Å². The SMILES string of the molecule is Cc1cccc(Oc2c(CCC(=O)NC3CC3)c(C)nn2-c2cccc(C)c2)c1. The summed E-state index contributed by atoms with van der Waals surface area (Å²) < 4.78 is 8.18. The number of nitrogens with zero attached hydrogens (tertiary/aromatic N) is 2. The fourth-order valence-corrected chi connectivity index (χ4v) is 3.42. The van der Waals surface area contributed by atoms with E-state index < -0.39 is 0 Å². The molecular formula is C24H27N3O2. The lowest BCUT2D eigenvalue weighted by Gasteiger charge is -2.12. The van der Waals surface area contributed by atoms with Crippen LogP contribution in [0.2, 0.25) is 0 Å². The molecule has 0 spiro atoms. The van der Waals surface area contributed by atoms with Crippen LogP contribution in [0.5, 0.6) is 11.6 Å². The van der Waals surface area contributed by atoms with Crippen molar-refractivity contribution in [3.63, 3.8) is 0 Å². The minimum atomic E-state index is 0.0942. The molecule has 1 aliphatic rings. The van der Waals surface area contributed by atoms with E-state index in [4.69, 9.17) is 9.84 Å². The van der Waals surface area contributed by atoms with Gasteiger partial charge in [-0.1, -0.05) is 24.3 Å². The van der Waals surface area contributed by atoms with E-state index in [1.165, 1.54) is 0 Å². The van der Waals surface area contributed by atoms with Crippen molar-refractivity contribution < 1.29 is 9.53 Å². The molecule has 1 amide bonds. The Morgan fingerprint density at radius 2 is 1.83 bits per heavy atom. The minimum Gasteiger partial charge on any atom is -0.439 e. The Morgan fingerprint density at radius 1 is 1.10 bits per heavy atom. The van der Waals surface area contributed by atoms with Crippen molar-refractivity contribution in [1.29, 1.82) is 0 Å². The van der Waals surface area contributed by atoms with Crippen LogP contribution in [0.3, 0.4) is 0 Å². The Morgan fingerprint density at radius 3 is 2.52 bits per heavy atom. The van der Waals surface area contributed by atoms with Gasteiger partial charge in [-0.2, -0.15) is 5.10 Å². The van der Waals surface area contributed by atoms with E-state index in [1.54, 1.807) is 0 Å². The van der Waals surface area contributed by atoms with Crippen molar-refractivity contribution >= 4 is 5.91 Å². The third-order valence-corrected chi connectivity index (χ3v) is 5.13. The molecule has 0 atom stereocenters. The summed E-state index contributed by atoms with van der Waals surface area (Å²) in [6.45, 7) is 6.08. The van der Waals surface area contributed by atoms with Gasteiger partial charge in [-0.15, -0.1) is 0 Å². The number of hydrogen-bond acceptors (Lipinski definition) is 3. The smallest absolute Gasteiger partial charge is 0.226 e. The van der Waals surface area contributed by atoms with Gasteiger partial charge in [0.25, 0.3) is 0 Å². The molecule has 1 heterocycles. The van der Waals surface area contributed by atoms with E-state index >= 15 is 0 Å². The van der Waals surface area contributed by atoms with Crippen LogP contribution < -0.4 is 10.1 Å². The topological polar surface area (TPSA) is 56.1 Å². The van der Waals surface area contributed by atoms with Crippen molar-refractivity contribution in [1.82, 2.24) is 15.1 Å². The van der Waals surface area contributed by atoms with Crippen LogP contribution in [0.1, 0.15) is 41.6 Å². The van der Waals surface area contributed by atoms with E-state index in [-0.39, 0.29) is 5.91 Å². The first-order valence-corrected chi connectivity index (χ1v) is 10.2. The Bertz CT molecular complexity index is 1030. The van der Waals surface area contributed by atoms with Gasteiger partial charge >= 0.3 is 0 Å². The van der Waals surface area contributed by atoms with Crippen molar-refractivity contribution in [3.8, 4) is 17.3 Å². The van der Waals surface area contributed by atoms with Crippen molar-refractivity contribution in [2.45, 2.75) is 52.5 Å². The largest absolute Gasteiger partial charge is 0.439 e. The Kier molecular flexibility index (Phi) is 5.38. The molecule has 0 unspecified atom stereocenters. The standard InChI is InChI=1S/C24H27N3O2/c1-16-6-4-8-20(14-16)27-24(29-21-9-5-7-17(2)15-21)22(18(3)26-27)12-13-23(28)25-19-10-11-19/h4-9,14-15,19H,10-13H2,1-3H3,(H,25,28). The maximum Gasteiger partial charge on any atom is 0.226 e. The molecule has 1 N–H and O–H groups in total. The van der Waals surface area contributed by atoms with E-state index in [2.05, 4.69) is 24.4 Å². The third kappa shape index (κ3) is 4.67. The number of ether oxygens (including phenoxy) is 1. The first-order valence-electron chi connectivity index (χ1n) is 10.2. The predicted molar refractivity (Wildman–Crippen MR) is 114 cm³/mol. The average molecular weight is 389 g/mol. The maximum absolute atomic E-state index is 12.2. The zero-order chi connectivity index (χ0) is 20.4. The lowest BCUT2D eigenvalue weighted by molar-refractivity contribution is -0.121. The van der Waals surface area contributed by atoms with Gasteiger partial charge in [0.1, 0.15) is 5.75 Å². The Balaban J connectivity index is 1.67. The van der Waals surface area contributed by atoms with Gasteiger partial charge in [0, 0.05) is 18.0 Å². The van der Waals surface area contributed by atoms with Gasteiger partial charge in [0.15, 0.2) is 0 Å². The highest BCUT2D eigenvalue weighted by Crippen LogP contribution is 2.32. The second-order valence-corrected chi connectivity index (χ2v) is 7.88. The van der Waals surface area contributed by atoms with Crippen LogP contribution in [-0.2, 0) is 11.2 Å². The molecule has 1 fully saturated rings. The zero-order valence-corrected chi connectivity index (χ0v) is 17.2. The number of amides is 1. The molecule has 1 saturated carbocycles.